The second-order valence-corrected chi connectivity index (χ2v) is 8.58. The fourth-order valence-corrected chi connectivity index (χ4v) is 4.88. The number of rotatable bonds is 6. The van der Waals surface area contributed by atoms with Crippen LogP contribution in [0.5, 0.6) is 0 Å². The maximum Gasteiger partial charge on any atom is 0.327 e. The number of urea groups is 1. The maximum absolute atomic E-state index is 13.4. The molecule has 3 amide bonds. The summed E-state index contributed by atoms with van der Waals surface area (Å²) in [6.07, 6.45) is 5.30. The van der Waals surface area contributed by atoms with Crippen LogP contribution in [-0.4, -0.2) is 72.0 Å². The third-order valence-corrected chi connectivity index (χ3v) is 6.60. The van der Waals surface area contributed by atoms with E-state index in [2.05, 4.69) is 39.3 Å². The summed E-state index contributed by atoms with van der Waals surface area (Å²) in [7, 11) is 0. The molecule has 1 atom stereocenters. The normalized spacial score (nSPS) is 18.7. The van der Waals surface area contributed by atoms with Crippen LogP contribution < -0.4 is 15.5 Å². The van der Waals surface area contributed by atoms with Gasteiger partial charge in [-0.05, 0) is 56.7 Å². The number of likely N-dealkylation sites (tertiary alicyclic amines) is 1. The Kier molecular flexibility index (Phi) is 7.57. The first kappa shape index (κ1) is 23.2. The van der Waals surface area contributed by atoms with Crippen LogP contribution in [0.15, 0.2) is 42.6 Å². The number of para-hydroxylation sites is 1. The molecule has 2 aliphatic heterocycles. The number of hydrogen-bond donors (Lipinski definition) is 2. The number of aromatic nitrogens is 1. The van der Waals surface area contributed by atoms with Crippen molar-refractivity contribution in [3.63, 3.8) is 0 Å². The molecule has 1 fully saturated rings. The quantitative estimate of drug-likeness (QED) is 0.702. The lowest BCUT2D eigenvalue weighted by molar-refractivity contribution is 0.102. The first-order valence-corrected chi connectivity index (χ1v) is 12.0. The van der Waals surface area contributed by atoms with Gasteiger partial charge in [-0.3, -0.25) is 9.69 Å². The van der Waals surface area contributed by atoms with E-state index < -0.39 is 0 Å². The van der Waals surface area contributed by atoms with Crippen molar-refractivity contribution in [3.05, 3.63) is 48.2 Å². The van der Waals surface area contributed by atoms with Crippen molar-refractivity contribution in [3.8, 4) is 0 Å². The second kappa shape index (κ2) is 10.8. The van der Waals surface area contributed by atoms with Crippen molar-refractivity contribution in [2.45, 2.75) is 39.2 Å². The van der Waals surface area contributed by atoms with Gasteiger partial charge in [0.25, 0.3) is 5.91 Å². The number of hydrogen-bond acceptors (Lipinski definition) is 5. The molecule has 0 aliphatic carbocycles. The summed E-state index contributed by atoms with van der Waals surface area (Å²) in [5, 5.41) is 5.94. The standard InChI is InChI=1S/C25H34N6O2/c1-3-30(4-2)19-10-7-8-16-29(18-19)17-15-27-25(33)31-22-13-6-5-11-20(22)24(32)28-21-12-9-14-26-23(21)31/h5-6,9,11-14,19H,3-4,7-8,10,15-18H2,1-2H3,(H,27,33)(H,28,32). The molecule has 1 aromatic carbocycles. The van der Waals surface area contributed by atoms with Gasteiger partial charge in [-0.15, -0.1) is 0 Å². The average Bonchev–Trinajstić information content (AvgIpc) is 3.13. The Morgan fingerprint density at radius 3 is 2.82 bits per heavy atom. The van der Waals surface area contributed by atoms with Crippen LogP contribution in [0.4, 0.5) is 22.0 Å². The van der Waals surface area contributed by atoms with Gasteiger partial charge >= 0.3 is 6.03 Å². The van der Waals surface area contributed by atoms with Crippen LogP contribution in [0.25, 0.3) is 0 Å². The van der Waals surface area contributed by atoms with Crippen molar-refractivity contribution in [1.82, 2.24) is 20.1 Å². The van der Waals surface area contributed by atoms with Crippen molar-refractivity contribution in [1.29, 1.82) is 0 Å². The largest absolute Gasteiger partial charge is 0.336 e. The highest BCUT2D eigenvalue weighted by Gasteiger charge is 2.30. The van der Waals surface area contributed by atoms with Crippen LogP contribution in [0, 0.1) is 0 Å². The Bertz CT molecular complexity index is 977. The van der Waals surface area contributed by atoms with Gasteiger partial charge in [-0.25, -0.2) is 14.7 Å². The molecule has 0 spiro atoms. The highest BCUT2D eigenvalue weighted by atomic mass is 16.2. The summed E-state index contributed by atoms with van der Waals surface area (Å²) in [6, 6.07) is 10.9. The van der Waals surface area contributed by atoms with Crippen molar-refractivity contribution in [2.75, 3.05) is 49.5 Å². The molecule has 2 aliphatic rings. The number of anilines is 3. The molecule has 8 heteroatoms. The average molecular weight is 451 g/mol. The Labute approximate surface area is 196 Å². The summed E-state index contributed by atoms with van der Waals surface area (Å²) in [5.74, 6) is 0.173. The van der Waals surface area contributed by atoms with Gasteiger partial charge in [0.15, 0.2) is 5.82 Å². The zero-order chi connectivity index (χ0) is 23.2. The number of carbonyl (C=O) groups is 2. The Morgan fingerprint density at radius 2 is 2.00 bits per heavy atom. The van der Waals surface area contributed by atoms with Crippen molar-refractivity contribution < 1.29 is 9.59 Å². The molecule has 1 saturated heterocycles. The van der Waals surface area contributed by atoms with E-state index in [1.54, 1.807) is 36.5 Å². The predicted octanol–water partition coefficient (Wildman–Crippen LogP) is 3.69. The molecule has 0 radical (unpaired) electrons. The third kappa shape index (κ3) is 5.17. The summed E-state index contributed by atoms with van der Waals surface area (Å²) in [5.41, 5.74) is 1.49. The number of fused-ring (bicyclic) bond motifs is 2. The molecule has 0 bridgehead atoms. The second-order valence-electron chi connectivity index (χ2n) is 8.58. The van der Waals surface area contributed by atoms with Crippen LogP contribution in [0.3, 0.4) is 0 Å². The number of pyridine rings is 1. The zero-order valence-corrected chi connectivity index (χ0v) is 19.6. The number of likely N-dealkylation sites (N-methyl/N-ethyl adjacent to an activating group) is 1. The summed E-state index contributed by atoms with van der Waals surface area (Å²) in [4.78, 5) is 37.0. The lowest BCUT2D eigenvalue weighted by Gasteiger charge is -2.32. The summed E-state index contributed by atoms with van der Waals surface area (Å²) >= 11 is 0. The van der Waals surface area contributed by atoms with E-state index in [-0.39, 0.29) is 11.9 Å². The lowest BCUT2D eigenvalue weighted by Crippen LogP contribution is -2.46. The molecule has 33 heavy (non-hydrogen) atoms. The molecule has 4 rings (SSSR count). The van der Waals surface area contributed by atoms with Gasteiger partial charge < -0.3 is 15.5 Å². The highest BCUT2D eigenvalue weighted by molar-refractivity contribution is 6.16. The van der Waals surface area contributed by atoms with Crippen molar-refractivity contribution in [2.24, 2.45) is 0 Å². The SMILES string of the molecule is CCN(CC)C1CCCCN(CCNC(=O)N2c3ccccc3C(=O)Nc3cccnc32)C1. The first-order valence-electron chi connectivity index (χ1n) is 12.0. The van der Waals surface area contributed by atoms with Gasteiger partial charge in [0.2, 0.25) is 0 Å². The van der Waals surface area contributed by atoms with Gasteiger partial charge in [0, 0.05) is 31.9 Å². The van der Waals surface area contributed by atoms with Crippen LogP contribution in [0.2, 0.25) is 0 Å². The predicted molar refractivity (Wildman–Crippen MR) is 131 cm³/mol. The summed E-state index contributed by atoms with van der Waals surface area (Å²) in [6.45, 7) is 10.0. The fraction of sp³-hybridized carbons (Fsp3) is 0.480. The van der Waals surface area contributed by atoms with E-state index in [1.165, 1.54) is 24.2 Å². The van der Waals surface area contributed by atoms with E-state index in [4.69, 9.17) is 0 Å². The minimum absolute atomic E-state index is 0.248. The molecule has 0 saturated carbocycles. The van der Waals surface area contributed by atoms with Crippen LogP contribution >= 0.6 is 0 Å². The monoisotopic (exact) mass is 450 g/mol. The molecule has 1 aromatic heterocycles. The highest BCUT2D eigenvalue weighted by Crippen LogP contribution is 2.35. The number of carbonyl (C=O) groups excluding carboxylic acids is 2. The molecule has 8 nitrogen and oxygen atoms in total. The minimum Gasteiger partial charge on any atom is -0.336 e. The van der Waals surface area contributed by atoms with E-state index in [0.29, 0.717) is 35.3 Å². The topological polar surface area (TPSA) is 80.8 Å². The molecular formula is C25H34N6O2. The Balaban J connectivity index is 1.46. The lowest BCUT2D eigenvalue weighted by atomic mass is 10.1. The molecular weight excluding hydrogens is 416 g/mol. The van der Waals surface area contributed by atoms with Crippen LogP contribution in [0.1, 0.15) is 43.5 Å². The number of amides is 3. The smallest absolute Gasteiger partial charge is 0.327 e. The van der Waals surface area contributed by atoms with Crippen LogP contribution in [-0.2, 0) is 0 Å². The molecule has 2 aromatic rings. The van der Waals surface area contributed by atoms with Gasteiger partial charge in [0.05, 0.1) is 16.9 Å². The third-order valence-electron chi connectivity index (χ3n) is 6.60. The van der Waals surface area contributed by atoms with E-state index in [1.807, 2.05) is 6.07 Å². The van der Waals surface area contributed by atoms with E-state index in [9.17, 15) is 9.59 Å². The van der Waals surface area contributed by atoms with Gasteiger partial charge in [-0.1, -0.05) is 32.4 Å². The fourth-order valence-electron chi connectivity index (χ4n) is 4.88. The minimum atomic E-state index is -0.283. The molecule has 2 N–H and O–H groups in total. The van der Waals surface area contributed by atoms with E-state index in [0.717, 1.165) is 32.7 Å². The molecule has 176 valence electrons. The Morgan fingerprint density at radius 1 is 1.18 bits per heavy atom. The summed E-state index contributed by atoms with van der Waals surface area (Å²) < 4.78 is 0. The number of nitrogens with zero attached hydrogens (tertiary/aromatic N) is 4. The van der Waals surface area contributed by atoms with E-state index >= 15 is 0 Å². The van der Waals surface area contributed by atoms with Crippen molar-refractivity contribution >= 4 is 29.1 Å². The Hall–Kier alpha value is -2.97. The molecule has 3 heterocycles. The van der Waals surface area contributed by atoms with Gasteiger partial charge in [0.1, 0.15) is 0 Å². The zero-order valence-electron chi connectivity index (χ0n) is 19.6. The first-order chi connectivity index (χ1) is 16.1. The maximum atomic E-state index is 13.4. The van der Waals surface area contributed by atoms with Gasteiger partial charge in [-0.2, -0.15) is 0 Å². The number of benzene rings is 1. The molecule has 1 unspecified atom stereocenters. The number of nitrogens with one attached hydrogen (secondary N) is 2.